The second-order valence-electron chi connectivity index (χ2n) is 6.38. The van der Waals surface area contributed by atoms with Crippen LogP contribution in [-0.4, -0.2) is 14.5 Å². The van der Waals surface area contributed by atoms with Crippen molar-refractivity contribution in [1.82, 2.24) is 5.32 Å². The summed E-state index contributed by atoms with van der Waals surface area (Å²) in [5.41, 5.74) is 0.965. The fourth-order valence-corrected chi connectivity index (χ4v) is 3.76. The molecule has 4 atom stereocenters. The van der Waals surface area contributed by atoms with Gasteiger partial charge in [-0.25, -0.2) is 13.6 Å². The van der Waals surface area contributed by atoms with Crippen molar-refractivity contribution in [3.63, 3.8) is 0 Å². The van der Waals surface area contributed by atoms with E-state index in [0.29, 0.717) is 12.0 Å². The monoisotopic (exact) mass is 310 g/mol. The molecule has 5 heteroatoms. The lowest BCUT2D eigenvalue weighted by molar-refractivity contribution is 0.196. The molecule has 1 saturated carbocycles. The number of hydrogen-bond acceptors (Lipinski definition) is 3. The Hall–Kier alpha value is -0.910. The number of nitrogens with two attached hydrogens (primary N) is 1. The van der Waals surface area contributed by atoms with Gasteiger partial charge in [0.15, 0.2) is 0 Å². The standard InChI is InChI=1S/C16H26N2O2S/c1-11-6-4-9-16(12(11)2)18-13(3)14-7-5-8-15(10-14)21(17,19)20/h5,7-8,10-13,16,18H,4,6,9H2,1-3H3,(H2,17,19,20). The molecular formula is C16H26N2O2S. The fourth-order valence-electron chi connectivity index (χ4n) is 3.20. The van der Waals surface area contributed by atoms with Gasteiger partial charge in [-0.05, 0) is 42.9 Å². The van der Waals surface area contributed by atoms with Gasteiger partial charge in [0.25, 0.3) is 0 Å². The SMILES string of the molecule is CC(NC1CCCC(C)C1C)c1cccc(S(N)(=O)=O)c1. The predicted molar refractivity (Wildman–Crippen MR) is 85.3 cm³/mol. The molecule has 4 unspecified atom stereocenters. The maximum Gasteiger partial charge on any atom is 0.238 e. The highest BCUT2D eigenvalue weighted by Crippen LogP contribution is 2.31. The van der Waals surface area contributed by atoms with Gasteiger partial charge in [0.05, 0.1) is 4.90 Å². The first-order valence-corrected chi connectivity index (χ1v) is 9.22. The summed E-state index contributed by atoms with van der Waals surface area (Å²) in [6.07, 6.45) is 3.74. The van der Waals surface area contributed by atoms with E-state index < -0.39 is 10.0 Å². The van der Waals surface area contributed by atoms with Crippen LogP contribution < -0.4 is 10.5 Å². The average molecular weight is 310 g/mol. The molecular weight excluding hydrogens is 284 g/mol. The van der Waals surface area contributed by atoms with Crippen LogP contribution in [0.5, 0.6) is 0 Å². The van der Waals surface area contributed by atoms with E-state index in [4.69, 9.17) is 5.14 Å². The van der Waals surface area contributed by atoms with E-state index in [-0.39, 0.29) is 10.9 Å². The molecule has 0 saturated heterocycles. The highest BCUT2D eigenvalue weighted by molar-refractivity contribution is 7.89. The van der Waals surface area contributed by atoms with Gasteiger partial charge in [-0.1, -0.05) is 38.8 Å². The van der Waals surface area contributed by atoms with Crippen LogP contribution in [0.15, 0.2) is 29.2 Å². The fraction of sp³-hybridized carbons (Fsp3) is 0.625. The molecule has 1 aliphatic rings. The summed E-state index contributed by atoms with van der Waals surface area (Å²) in [4.78, 5) is 0.179. The molecule has 0 spiro atoms. The molecule has 3 N–H and O–H groups in total. The molecule has 1 aromatic carbocycles. The van der Waals surface area contributed by atoms with Gasteiger partial charge in [0.1, 0.15) is 0 Å². The molecule has 0 radical (unpaired) electrons. The van der Waals surface area contributed by atoms with Crippen LogP contribution in [0.3, 0.4) is 0 Å². The van der Waals surface area contributed by atoms with Gasteiger partial charge in [0.2, 0.25) is 10.0 Å². The van der Waals surface area contributed by atoms with E-state index in [0.717, 1.165) is 11.5 Å². The third-order valence-corrected chi connectivity index (χ3v) is 5.77. The summed E-state index contributed by atoms with van der Waals surface area (Å²) in [5.74, 6) is 1.38. The van der Waals surface area contributed by atoms with E-state index in [1.54, 1.807) is 12.1 Å². The maximum atomic E-state index is 11.5. The van der Waals surface area contributed by atoms with Crippen molar-refractivity contribution in [3.05, 3.63) is 29.8 Å². The highest BCUT2D eigenvalue weighted by atomic mass is 32.2. The van der Waals surface area contributed by atoms with Crippen molar-refractivity contribution in [2.45, 2.75) is 57.0 Å². The van der Waals surface area contributed by atoms with E-state index in [1.165, 1.54) is 25.3 Å². The van der Waals surface area contributed by atoms with E-state index in [9.17, 15) is 8.42 Å². The van der Waals surface area contributed by atoms with Gasteiger partial charge < -0.3 is 5.32 Å². The van der Waals surface area contributed by atoms with Crippen LogP contribution in [0, 0.1) is 11.8 Å². The minimum Gasteiger partial charge on any atom is -0.307 e. The highest BCUT2D eigenvalue weighted by Gasteiger charge is 2.28. The number of benzene rings is 1. The first-order valence-electron chi connectivity index (χ1n) is 7.68. The van der Waals surface area contributed by atoms with Crippen molar-refractivity contribution in [2.24, 2.45) is 17.0 Å². The quantitative estimate of drug-likeness (QED) is 0.898. The zero-order chi connectivity index (χ0) is 15.6. The number of nitrogens with one attached hydrogen (secondary N) is 1. The van der Waals surface area contributed by atoms with E-state index in [2.05, 4.69) is 26.1 Å². The summed E-state index contributed by atoms with van der Waals surface area (Å²) < 4.78 is 22.9. The van der Waals surface area contributed by atoms with Gasteiger partial charge in [0, 0.05) is 12.1 Å². The lowest BCUT2D eigenvalue weighted by atomic mass is 9.77. The van der Waals surface area contributed by atoms with Gasteiger partial charge >= 0.3 is 0 Å². The Morgan fingerprint density at radius 1 is 1.29 bits per heavy atom. The molecule has 2 rings (SSSR count). The number of sulfonamides is 1. The van der Waals surface area contributed by atoms with Gasteiger partial charge in [-0.3, -0.25) is 0 Å². The molecule has 0 aliphatic heterocycles. The number of hydrogen-bond donors (Lipinski definition) is 2. The third-order valence-electron chi connectivity index (χ3n) is 4.86. The van der Waals surface area contributed by atoms with Crippen LogP contribution in [-0.2, 0) is 10.0 Å². The van der Waals surface area contributed by atoms with Crippen molar-refractivity contribution in [2.75, 3.05) is 0 Å². The minimum atomic E-state index is -3.64. The Labute approximate surface area is 128 Å². The topological polar surface area (TPSA) is 72.2 Å². The number of primary sulfonamides is 1. The molecule has 0 amide bonds. The first kappa shape index (κ1) is 16.5. The Balaban J connectivity index is 2.11. The smallest absolute Gasteiger partial charge is 0.238 e. The molecule has 1 fully saturated rings. The number of rotatable bonds is 4. The molecule has 118 valence electrons. The van der Waals surface area contributed by atoms with Crippen LogP contribution in [0.2, 0.25) is 0 Å². The molecule has 1 aromatic rings. The Bertz CT molecular complexity index is 586. The van der Waals surface area contributed by atoms with Crippen molar-refractivity contribution >= 4 is 10.0 Å². The van der Waals surface area contributed by atoms with Crippen LogP contribution in [0.25, 0.3) is 0 Å². The minimum absolute atomic E-state index is 0.115. The Morgan fingerprint density at radius 2 is 2.00 bits per heavy atom. The lowest BCUT2D eigenvalue weighted by Crippen LogP contribution is -2.41. The zero-order valence-corrected chi connectivity index (χ0v) is 13.9. The Kier molecular flexibility index (Phi) is 5.07. The summed E-state index contributed by atoms with van der Waals surface area (Å²) in [7, 11) is -3.64. The molecule has 0 bridgehead atoms. The lowest BCUT2D eigenvalue weighted by Gasteiger charge is -2.36. The third kappa shape index (κ3) is 4.05. The predicted octanol–water partition coefficient (Wildman–Crippen LogP) is 2.81. The summed E-state index contributed by atoms with van der Waals surface area (Å²) in [6.45, 7) is 6.69. The van der Waals surface area contributed by atoms with E-state index >= 15 is 0 Å². The zero-order valence-electron chi connectivity index (χ0n) is 13.0. The molecule has 1 aliphatic carbocycles. The average Bonchev–Trinajstić information content (AvgIpc) is 2.43. The van der Waals surface area contributed by atoms with Crippen LogP contribution in [0.1, 0.15) is 51.6 Å². The Morgan fingerprint density at radius 3 is 2.67 bits per heavy atom. The molecule has 0 heterocycles. The van der Waals surface area contributed by atoms with Crippen molar-refractivity contribution < 1.29 is 8.42 Å². The molecule has 0 aromatic heterocycles. The second kappa shape index (κ2) is 6.46. The summed E-state index contributed by atoms with van der Waals surface area (Å²) in [5, 5.41) is 8.86. The van der Waals surface area contributed by atoms with Gasteiger partial charge in [-0.2, -0.15) is 0 Å². The first-order chi connectivity index (χ1) is 9.79. The normalized spacial score (nSPS) is 28.3. The van der Waals surface area contributed by atoms with Crippen molar-refractivity contribution in [3.8, 4) is 0 Å². The molecule has 4 nitrogen and oxygen atoms in total. The molecule has 21 heavy (non-hydrogen) atoms. The van der Waals surface area contributed by atoms with Gasteiger partial charge in [-0.15, -0.1) is 0 Å². The van der Waals surface area contributed by atoms with Crippen LogP contribution >= 0.6 is 0 Å². The summed E-state index contributed by atoms with van der Waals surface area (Å²) in [6, 6.07) is 7.51. The summed E-state index contributed by atoms with van der Waals surface area (Å²) >= 11 is 0. The van der Waals surface area contributed by atoms with E-state index in [1.807, 2.05) is 6.07 Å². The van der Waals surface area contributed by atoms with Crippen molar-refractivity contribution in [1.29, 1.82) is 0 Å². The maximum absolute atomic E-state index is 11.5. The second-order valence-corrected chi connectivity index (χ2v) is 7.94. The largest absolute Gasteiger partial charge is 0.307 e. The van der Waals surface area contributed by atoms with Crippen LogP contribution in [0.4, 0.5) is 0 Å².